The van der Waals surface area contributed by atoms with E-state index in [9.17, 15) is 4.79 Å². The van der Waals surface area contributed by atoms with Crippen molar-refractivity contribution >= 4 is 12.2 Å². The van der Waals surface area contributed by atoms with Crippen molar-refractivity contribution in [2.45, 2.75) is 6.92 Å². The Morgan fingerprint density at radius 2 is 1.93 bits per heavy atom. The van der Waals surface area contributed by atoms with Crippen LogP contribution in [0, 0.1) is 0 Å². The van der Waals surface area contributed by atoms with Crippen molar-refractivity contribution in [2.75, 3.05) is 0 Å². The van der Waals surface area contributed by atoms with Gasteiger partial charge < -0.3 is 4.42 Å². The maximum absolute atomic E-state index is 11.0. The third-order valence-electron chi connectivity index (χ3n) is 2.00. The molecule has 0 spiro atoms. The van der Waals surface area contributed by atoms with E-state index < -0.39 is 0 Å². The molecule has 2 heteroatoms. The van der Waals surface area contributed by atoms with Crippen molar-refractivity contribution in [3.8, 4) is 0 Å². The van der Waals surface area contributed by atoms with E-state index in [1.807, 2.05) is 37.3 Å². The fourth-order valence-electron chi connectivity index (χ4n) is 1.31. The summed E-state index contributed by atoms with van der Waals surface area (Å²) in [7, 11) is 0. The molecule has 1 aliphatic carbocycles. The second kappa shape index (κ2) is 3.50. The van der Waals surface area contributed by atoms with Gasteiger partial charge in [0.2, 0.25) is 0 Å². The molecule has 0 atom stereocenters. The number of rotatable bonds is 0. The van der Waals surface area contributed by atoms with E-state index in [1.165, 1.54) is 6.07 Å². The highest BCUT2D eigenvalue weighted by atomic mass is 16.4. The molecule has 1 aliphatic rings. The molecule has 0 aromatic carbocycles. The second-order valence-corrected chi connectivity index (χ2v) is 3.18. The summed E-state index contributed by atoms with van der Waals surface area (Å²) in [5.74, 6) is 0.621. The van der Waals surface area contributed by atoms with E-state index in [0.717, 1.165) is 11.1 Å². The average Bonchev–Trinajstić information content (AvgIpc) is 2.12. The lowest BCUT2D eigenvalue weighted by molar-refractivity contribution is 0.499. The van der Waals surface area contributed by atoms with E-state index in [-0.39, 0.29) is 5.63 Å². The van der Waals surface area contributed by atoms with Gasteiger partial charge in [-0.25, -0.2) is 4.79 Å². The van der Waals surface area contributed by atoms with Gasteiger partial charge in [-0.05, 0) is 24.6 Å². The van der Waals surface area contributed by atoms with Crippen molar-refractivity contribution in [3.05, 3.63) is 57.7 Å². The summed E-state index contributed by atoms with van der Waals surface area (Å²) >= 11 is 0. The summed E-state index contributed by atoms with van der Waals surface area (Å²) in [6.45, 7) is 1.96. The number of fused-ring (bicyclic) bond motifs is 1. The highest BCUT2D eigenvalue weighted by Crippen LogP contribution is 2.15. The van der Waals surface area contributed by atoms with E-state index in [1.54, 1.807) is 6.07 Å². The summed E-state index contributed by atoms with van der Waals surface area (Å²) < 4.78 is 5.09. The summed E-state index contributed by atoms with van der Waals surface area (Å²) in [5, 5.41) is 0. The predicted octanol–water partition coefficient (Wildman–Crippen LogP) is 2.63. The third-order valence-corrected chi connectivity index (χ3v) is 2.00. The molecule has 0 aliphatic heterocycles. The smallest absolute Gasteiger partial charge is 0.336 e. The van der Waals surface area contributed by atoms with Gasteiger partial charge in [-0.15, -0.1) is 0 Å². The number of hydrogen-bond donors (Lipinski definition) is 0. The molecule has 0 fully saturated rings. The van der Waals surface area contributed by atoms with Gasteiger partial charge in [0.1, 0.15) is 5.76 Å². The van der Waals surface area contributed by atoms with Gasteiger partial charge in [-0.2, -0.15) is 0 Å². The van der Waals surface area contributed by atoms with Gasteiger partial charge in [-0.1, -0.05) is 24.3 Å². The van der Waals surface area contributed by atoms with Crippen LogP contribution < -0.4 is 5.63 Å². The normalized spacial score (nSPS) is 14.2. The van der Waals surface area contributed by atoms with Crippen molar-refractivity contribution in [1.29, 1.82) is 0 Å². The largest absolute Gasteiger partial charge is 0.423 e. The summed E-state index contributed by atoms with van der Waals surface area (Å²) in [6.07, 6.45) is 9.62. The number of allylic oxidation sites excluding steroid dienone is 4. The zero-order valence-corrected chi connectivity index (χ0v) is 7.86. The maximum Gasteiger partial charge on any atom is 0.336 e. The topological polar surface area (TPSA) is 30.2 Å². The molecule has 0 saturated heterocycles. The van der Waals surface area contributed by atoms with E-state index in [0.29, 0.717) is 5.76 Å². The first-order valence-corrected chi connectivity index (χ1v) is 4.43. The monoisotopic (exact) mass is 186 g/mol. The molecule has 2 nitrogen and oxygen atoms in total. The van der Waals surface area contributed by atoms with E-state index >= 15 is 0 Å². The lowest BCUT2D eigenvalue weighted by Gasteiger charge is -2.01. The molecule has 0 unspecified atom stereocenters. The first-order valence-electron chi connectivity index (χ1n) is 4.43. The minimum absolute atomic E-state index is 0.314. The van der Waals surface area contributed by atoms with E-state index in [2.05, 4.69) is 0 Å². The first kappa shape index (κ1) is 8.75. The van der Waals surface area contributed by atoms with Crippen LogP contribution in [0.1, 0.15) is 18.2 Å². The van der Waals surface area contributed by atoms with Crippen LogP contribution >= 0.6 is 0 Å². The maximum atomic E-state index is 11.0. The molecule has 1 aromatic rings. The molecule has 1 aromatic heterocycles. The summed E-state index contributed by atoms with van der Waals surface area (Å²) in [5.41, 5.74) is 1.67. The quantitative estimate of drug-likeness (QED) is 0.623. The first-order chi connectivity index (χ1) is 6.75. The summed E-state index contributed by atoms with van der Waals surface area (Å²) in [4.78, 5) is 11.0. The Labute approximate surface area is 81.9 Å². The van der Waals surface area contributed by atoms with Crippen LogP contribution in [0.3, 0.4) is 0 Å². The molecule has 0 saturated carbocycles. The zero-order chi connectivity index (χ0) is 9.97. The van der Waals surface area contributed by atoms with Crippen LogP contribution in [0.15, 0.2) is 45.1 Å². The van der Waals surface area contributed by atoms with Crippen LogP contribution in [-0.2, 0) is 0 Å². The van der Waals surface area contributed by atoms with Gasteiger partial charge in [0, 0.05) is 11.6 Å². The second-order valence-electron chi connectivity index (χ2n) is 3.18. The zero-order valence-electron chi connectivity index (χ0n) is 7.86. The van der Waals surface area contributed by atoms with Gasteiger partial charge >= 0.3 is 5.63 Å². The van der Waals surface area contributed by atoms with Crippen LogP contribution in [0.25, 0.3) is 12.2 Å². The van der Waals surface area contributed by atoms with E-state index in [4.69, 9.17) is 4.42 Å². The molecule has 2 rings (SSSR count). The van der Waals surface area contributed by atoms with Gasteiger partial charge in [-0.3, -0.25) is 0 Å². The Hall–Kier alpha value is -1.83. The molecule has 70 valence electrons. The highest BCUT2D eigenvalue weighted by molar-refractivity contribution is 5.65. The predicted molar refractivity (Wildman–Crippen MR) is 56.8 cm³/mol. The van der Waals surface area contributed by atoms with Crippen LogP contribution in [0.5, 0.6) is 0 Å². The Balaban J connectivity index is 2.65. The van der Waals surface area contributed by atoms with Crippen LogP contribution in [0.4, 0.5) is 0 Å². The lowest BCUT2D eigenvalue weighted by atomic mass is 10.1. The van der Waals surface area contributed by atoms with Crippen molar-refractivity contribution in [2.24, 2.45) is 0 Å². The Bertz CT molecular complexity index is 487. The molecule has 14 heavy (non-hydrogen) atoms. The lowest BCUT2D eigenvalue weighted by Crippen LogP contribution is -1.98. The fourth-order valence-corrected chi connectivity index (χ4v) is 1.31. The van der Waals surface area contributed by atoms with Gasteiger partial charge in [0.15, 0.2) is 0 Å². The van der Waals surface area contributed by atoms with Crippen molar-refractivity contribution in [3.63, 3.8) is 0 Å². The molecule has 0 radical (unpaired) electrons. The molecule has 0 amide bonds. The standard InChI is InChI=1S/C12H10O2/c1-9-4-2-3-5-10-6-7-12(13)14-11(10)8-9/h2-8H,1H3. The summed E-state index contributed by atoms with van der Waals surface area (Å²) in [6, 6.07) is 3.19. The minimum atomic E-state index is -0.314. The van der Waals surface area contributed by atoms with Crippen LogP contribution in [0.2, 0.25) is 0 Å². The van der Waals surface area contributed by atoms with Gasteiger partial charge in [0.25, 0.3) is 0 Å². The molecule has 1 heterocycles. The molecule has 0 bridgehead atoms. The Morgan fingerprint density at radius 3 is 2.79 bits per heavy atom. The van der Waals surface area contributed by atoms with Crippen molar-refractivity contribution < 1.29 is 4.42 Å². The third kappa shape index (κ3) is 1.74. The Morgan fingerprint density at radius 1 is 1.14 bits per heavy atom. The molecular weight excluding hydrogens is 176 g/mol. The van der Waals surface area contributed by atoms with Crippen molar-refractivity contribution in [1.82, 2.24) is 0 Å². The molecular formula is C12H10O2. The number of hydrogen-bond acceptors (Lipinski definition) is 2. The molecule has 0 N–H and O–H groups in total. The van der Waals surface area contributed by atoms with Gasteiger partial charge in [0.05, 0.1) is 0 Å². The van der Waals surface area contributed by atoms with Crippen LogP contribution in [-0.4, -0.2) is 0 Å². The highest BCUT2D eigenvalue weighted by Gasteiger charge is 2.01. The average molecular weight is 186 g/mol. The Kier molecular flexibility index (Phi) is 2.19. The fraction of sp³-hybridized carbons (Fsp3) is 0.0833. The minimum Gasteiger partial charge on any atom is -0.423 e. The SMILES string of the molecule is CC1=Cc2oc(=O)ccc2C=CC=C1.